The molecule has 0 saturated carbocycles. The lowest BCUT2D eigenvalue weighted by molar-refractivity contribution is -0.118. The zero-order valence-electron chi connectivity index (χ0n) is 22.3. The van der Waals surface area contributed by atoms with E-state index in [2.05, 4.69) is 0 Å². The second-order valence-electron chi connectivity index (χ2n) is 10.7. The molecule has 1 saturated heterocycles. The molecule has 3 rings (SSSR count). The van der Waals surface area contributed by atoms with E-state index in [1.807, 2.05) is 56.0 Å². The number of hydrogen-bond donors (Lipinski definition) is 3. The predicted molar refractivity (Wildman–Crippen MR) is 144 cm³/mol. The third kappa shape index (κ3) is 7.10. The summed E-state index contributed by atoms with van der Waals surface area (Å²) in [6.07, 6.45) is 1.38. The average Bonchev–Trinajstić information content (AvgIpc) is 3.15. The zero-order valence-corrected chi connectivity index (χ0v) is 22.3. The van der Waals surface area contributed by atoms with Crippen LogP contribution in [0.2, 0.25) is 0 Å². The summed E-state index contributed by atoms with van der Waals surface area (Å²) >= 11 is 0. The van der Waals surface area contributed by atoms with Gasteiger partial charge in [0.05, 0.1) is 13.2 Å². The number of ether oxygens (including phenoxy) is 2. The molecule has 2 aromatic carbocycles. The van der Waals surface area contributed by atoms with E-state index in [-0.39, 0.29) is 48.7 Å². The minimum atomic E-state index is -0.435. The largest absolute Gasteiger partial charge is 0.504 e. The number of phenolic OH excluding ortho intramolecular Hbond substituents is 1. The van der Waals surface area contributed by atoms with Gasteiger partial charge in [-0.25, -0.2) is 0 Å². The Morgan fingerprint density at radius 3 is 2.49 bits per heavy atom. The average molecular weight is 510 g/mol. The van der Waals surface area contributed by atoms with Gasteiger partial charge in [0.1, 0.15) is 5.84 Å². The molecule has 8 heteroatoms. The summed E-state index contributed by atoms with van der Waals surface area (Å²) in [6.45, 7) is 7.28. The number of benzene rings is 2. The van der Waals surface area contributed by atoms with E-state index in [9.17, 15) is 14.7 Å². The van der Waals surface area contributed by atoms with E-state index in [1.165, 1.54) is 0 Å². The number of amides is 1. The number of primary amides is 1. The molecule has 1 amide bonds. The second-order valence-corrected chi connectivity index (χ2v) is 10.7. The summed E-state index contributed by atoms with van der Waals surface area (Å²) in [5.74, 6) is 0.111. The van der Waals surface area contributed by atoms with Crippen molar-refractivity contribution in [3.05, 3.63) is 59.2 Å². The topological polar surface area (TPSA) is 126 Å². The Bertz CT molecular complexity index is 1110. The molecule has 200 valence electrons. The van der Waals surface area contributed by atoms with Crippen molar-refractivity contribution < 1.29 is 24.2 Å². The van der Waals surface area contributed by atoms with Gasteiger partial charge < -0.3 is 25.2 Å². The van der Waals surface area contributed by atoms with Crippen LogP contribution in [0.5, 0.6) is 11.5 Å². The Morgan fingerprint density at radius 2 is 1.86 bits per heavy atom. The number of nitrogens with zero attached hydrogens (tertiary/aromatic N) is 1. The molecule has 0 aromatic heterocycles. The van der Waals surface area contributed by atoms with Crippen molar-refractivity contribution in [1.82, 2.24) is 4.90 Å². The number of rotatable bonds is 12. The molecular weight excluding hydrogens is 470 g/mol. The van der Waals surface area contributed by atoms with Crippen LogP contribution >= 0.6 is 0 Å². The van der Waals surface area contributed by atoms with Gasteiger partial charge in [0.15, 0.2) is 17.3 Å². The smallest absolute Gasteiger partial charge is 0.217 e. The number of methoxy groups -OCH3 is 1. The molecule has 0 bridgehead atoms. The number of nitrogens with two attached hydrogens (primary N) is 1. The molecule has 1 fully saturated rings. The standard InChI is InChI=1S/C29H39N3O5/c1-29(2,3)22-15-21(16-24(27(22)35)37-13-8-11-25(30)34)23(33)18-32-17-20(12-14-36-4)26(28(32)31)19-9-6-5-7-10-19/h5-7,9-10,15-16,20,26,31,35H,8,11-14,17-18H2,1-4H3,(H2,30,34). The number of hydrogen-bond acceptors (Lipinski definition) is 6. The Labute approximate surface area is 219 Å². The number of likely N-dealkylation sites (tertiary alicyclic amines) is 1. The van der Waals surface area contributed by atoms with Crippen LogP contribution in [0.4, 0.5) is 0 Å². The third-order valence-corrected chi connectivity index (χ3v) is 6.78. The van der Waals surface area contributed by atoms with Gasteiger partial charge in [0, 0.05) is 43.7 Å². The van der Waals surface area contributed by atoms with Gasteiger partial charge in [-0.1, -0.05) is 51.1 Å². The molecule has 0 aliphatic carbocycles. The maximum absolute atomic E-state index is 13.5. The van der Waals surface area contributed by atoms with Crippen LogP contribution in [0, 0.1) is 11.3 Å². The van der Waals surface area contributed by atoms with Crippen molar-refractivity contribution in [3.63, 3.8) is 0 Å². The van der Waals surface area contributed by atoms with E-state index in [4.69, 9.17) is 20.6 Å². The molecular formula is C29H39N3O5. The highest BCUT2D eigenvalue weighted by molar-refractivity contribution is 6.01. The summed E-state index contributed by atoms with van der Waals surface area (Å²) in [5.41, 5.74) is 6.84. The van der Waals surface area contributed by atoms with Gasteiger partial charge in [-0.2, -0.15) is 0 Å². The number of ketones is 1. The molecule has 0 radical (unpaired) electrons. The van der Waals surface area contributed by atoms with Crippen molar-refractivity contribution in [2.45, 2.75) is 51.4 Å². The number of amidine groups is 1. The Hall–Kier alpha value is -3.39. The van der Waals surface area contributed by atoms with Gasteiger partial charge in [-0.15, -0.1) is 0 Å². The van der Waals surface area contributed by atoms with Crippen molar-refractivity contribution in [3.8, 4) is 11.5 Å². The van der Waals surface area contributed by atoms with Crippen LogP contribution in [-0.2, 0) is 14.9 Å². The molecule has 2 atom stereocenters. The molecule has 1 heterocycles. The fourth-order valence-corrected chi connectivity index (χ4v) is 4.82. The number of Topliss-reactive ketones (excluding diaryl/α,β-unsaturated/α-hetero) is 1. The maximum atomic E-state index is 13.5. The molecule has 1 aliphatic heterocycles. The minimum Gasteiger partial charge on any atom is -0.504 e. The van der Waals surface area contributed by atoms with Crippen LogP contribution in [0.15, 0.2) is 42.5 Å². The van der Waals surface area contributed by atoms with Crippen LogP contribution in [0.3, 0.4) is 0 Å². The Balaban J connectivity index is 1.84. The SMILES string of the molecule is COCCC1CN(CC(=O)c2cc(OCCCC(N)=O)c(O)c(C(C)(C)C)c2)C(=N)C1c1ccccc1. The van der Waals surface area contributed by atoms with Crippen LogP contribution in [-0.4, -0.2) is 60.9 Å². The lowest BCUT2D eigenvalue weighted by atomic mass is 9.84. The van der Waals surface area contributed by atoms with Crippen molar-refractivity contribution in [2.24, 2.45) is 11.7 Å². The zero-order chi connectivity index (χ0) is 27.2. The fraction of sp³-hybridized carbons (Fsp3) is 0.483. The lowest BCUT2D eigenvalue weighted by Gasteiger charge is -2.24. The highest BCUT2D eigenvalue weighted by atomic mass is 16.5. The van der Waals surface area contributed by atoms with E-state index in [0.717, 1.165) is 12.0 Å². The first kappa shape index (κ1) is 28.2. The first-order valence-corrected chi connectivity index (χ1v) is 12.7. The van der Waals surface area contributed by atoms with Gasteiger partial charge >= 0.3 is 0 Å². The predicted octanol–water partition coefficient (Wildman–Crippen LogP) is 4.25. The first-order chi connectivity index (χ1) is 17.5. The monoisotopic (exact) mass is 509 g/mol. The van der Waals surface area contributed by atoms with Crippen LogP contribution in [0.1, 0.15) is 67.4 Å². The number of carbonyl (C=O) groups is 2. The number of phenols is 1. The third-order valence-electron chi connectivity index (χ3n) is 6.78. The van der Waals surface area contributed by atoms with E-state index < -0.39 is 11.3 Å². The molecule has 0 spiro atoms. The van der Waals surface area contributed by atoms with E-state index in [1.54, 1.807) is 19.2 Å². The van der Waals surface area contributed by atoms with Crippen LogP contribution in [0.25, 0.3) is 0 Å². The molecule has 2 aromatic rings. The quantitative estimate of drug-likeness (QED) is 0.290. The van der Waals surface area contributed by atoms with Gasteiger partial charge in [-0.05, 0) is 41.9 Å². The van der Waals surface area contributed by atoms with Crippen molar-refractivity contribution in [2.75, 3.05) is 33.4 Å². The van der Waals surface area contributed by atoms with Crippen molar-refractivity contribution in [1.29, 1.82) is 5.41 Å². The van der Waals surface area contributed by atoms with Gasteiger partial charge in [0.2, 0.25) is 5.91 Å². The molecule has 37 heavy (non-hydrogen) atoms. The molecule has 8 nitrogen and oxygen atoms in total. The summed E-state index contributed by atoms with van der Waals surface area (Å²) in [6, 6.07) is 13.2. The maximum Gasteiger partial charge on any atom is 0.217 e. The minimum absolute atomic E-state index is 0.0131. The van der Waals surface area contributed by atoms with Gasteiger partial charge in [0.25, 0.3) is 0 Å². The van der Waals surface area contributed by atoms with E-state index >= 15 is 0 Å². The Morgan fingerprint density at radius 1 is 1.16 bits per heavy atom. The molecule has 1 aliphatic rings. The fourth-order valence-electron chi connectivity index (χ4n) is 4.82. The second kappa shape index (κ2) is 12.2. The van der Waals surface area contributed by atoms with Gasteiger partial charge in [-0.3, -0.25) is 15.0 Å². The van der Waals surface area contributed by atoms with E-state index in [0.29, 0.717) is 36.5 Å². The molecule has 2 unspecified atom stereocenters. The summed E-state index contributed by atoms with van der Waals surface area (Å²) in [7, 11) is 1.67. The highest BCUT2D eigenvalue weighted by Crippen LogP contribution is 2.40. The number of nitrogens with one attached hydrogen (secondary N) is 1. The molecule has 4 N–H and O–H groups in total. The summed E-state index contributed by atoms with van der Waals surface area (Å²) in [5, 5.41) is 19.8. The summed E-state index contributed by atoms with van der Waals surface area (Å²) in [4.78, 5) is 26.4. The van der Waals surface area contributed by atoms with Crippen molar-refractivity contribution >= 4 is 17.5 Å². The highest BCUT2D eigenvalue weighted by Gasteiger charge is 2.39. The normalized spacial score (nSPS) is 17.7. The van der Waals surface area contributed by atoms with Crippen LogP contribution < -0.4 is 10.5 Å². The summed E-state index contributed by atoms with van der Waals surface area (Å²) < 4.78 is 11.1. The number of aromatic hydroxyl groups is 1. The first-order valence-electron chi connectivity index (χ1n) is 12.7. The Kier molecular flexibility index (Phi) is 9.32. The number of carbonyl (C=O) groups excluding carboxylic acids is 2. The lowest BCUT2D eigenvalue weighted by Crippen LogP contribution is -2.32.